The number of aryl methyl sites for hydroxylation is 1. The summed E-state index contributed by atoms with van der Waals surface area (Å²) in [6.07, 6.45) is 0.375. The molecule has 0 aromatic heterocycles. The molecule has 2 atom stereocenters. The first-order valence-electron chi connectivity index (χ1n) is 7.76. The molecule has 8 heteroatoms. The Labute approximate surface area is 146 Å². The summed E-state index contributed by atoms with van der Waals surface area (Å²) in [6, 6.07) is 5.33. The fourth-order valence-electron chi connectivity index (χ4n) is 2.43. The molecule has 0 fully saturated rings. The lowest BCUT2D eigenvalue weighted by Crippen LogP contribution is -2.30. The van der Waals surface area contributed by atoms with E-state index in [2.05, 4.69) is 5.32 Å². The van der Waals surface area contributed by atoms with Crippen molar-refractivity contribution in [3.8, 4) is 5.75 Å². The molecule has 136 valence electrons. The average molecular weight is 367 g/mol. The number of methoxy groups -OCH3 is 1. The molecule has 0 saturated heterocycles. The Morgan fingerprint density at radius 2 is 2.08 bits per heavy atom. The predicted octanol–water partition coefficient (Wildman–Crippen LogP) is 1.82. The molecular formula is C17H21NO6S. The van der Waals surface area contributed by atoms with E-state index < -0.39 is 33.7 Å². The van der Waals surface area contributed by atoms with Crippen LogP contribution in [0.1, 0.15) is 18.9 Å². The van der Waals surface area contributed by atoms with E-state index in [0.29, 0.717) is 11.4 Å². The van der Waals surface area contributed by atoms with Crippen molar-refractivity contribution in [3.63, 3.8) is 0 Å². The highest BCUT2D eigenvalue weighted by molar-refractivity contribution is 7.94. The Morgan fingerprint density at radius 1 is 1.36 bits per heavy atom. The van der Waals surface area contributed by atoms with E-state index >= 15 is 0 Å². The van der Waals surface area contributed by atoms with Crippen LogP contribution in [0.25, 0.3) is 0 Å². The van der Waals surface area contributed by atoms with Crippen LogP contribution in [-0.4, -0.2) is 39.3 Å². The summed E-state index contributed by atoms with van der Waals surface area (Å²) in [5, 5.41) is 3.77. The standard InChI is InChI=1S/C17H21NO6S/c1-11-4-5-15(23-3)14(8-11)18-17(20)12(2)24-16(19)9-13-6-7-25(21,22)10-13/h4-8,12-13H,9-10H2,1-3H3,(H,18,20)/t12-,13+/m1/s1. The van der Waals surface area contributed by atoms with E-state index in [1.807, 2.05) is 13.0 Å². The summed E-state index contributed by atoms with van der Waals surface area (Å²) in [6.45, 7) is 3.33. The third-order valence-electron chi connectivity index (χ3n) is 3.72. The molecule has 25 heavy (non-hydrogen) atoms. The van der Waals surface area contributed by atoms with Gasteiger partial charge in [-0.05, 0) is 31.5 Å². The number of benzene rings is 1. The number of hydrogen-bond acceptors (Lipinski definition) is 6. The van der Waals surface area contributed by atoms with Gasteiger partial charge in [-0.1, -0.05) is 12.1 Å². The summed E-state index contributed by atoms with van der Waals surface area (Å²) in [4.78, 5) is 24.1. The maximum Gasteiger partial charge on any atom is 0.307 e. The van der Waals surface area contributed by atoms with E-state index in [4.69, 9.17) is 9.47 Å². The Morgan fingerprint density at radius 3 is 2.68 bits per heavy atom. The number of carbonyl (C=O) groups is 2. The molecule has 0 radical (unpaired) electrons. The number of esters is 1. The van der Waals surface area contributed by atoms with Crippen molar-refractivity contribution < 1.29 is 27.5 Å². The van der Waals surface area contributed by atoms with Gasteiger partial charge in [0.25, 0.3) is 5.91 Å². The third kappa shape index (κ3) is 5.32. The monoisotopic (exact) mass is 367 g/mol. The van der Waals surface area contributed by atoms with Gasteiger partial charge >= 0.3 is 5.97 Å². The van der Waals surface area contributed by atoms with Crippen molar-refractivity contribution in [2.45, 2.75) is 26.4 Å². The molecule has 0 unspecified atom stereocenters. The molecule has 1 aliphatic heterocycles. The number of nitrogens with one attached hydrogen (secondary N) is 1. The highest BCUT2D eigenvalue weighted by Crippen LogP contribution is 2.25. The number of carbonyl (C=O) groups excluding carboxylic acids is 2. The normalized spacial score (nSPS) is 19.2. The number of allylic oxidation sites excluding steroid dienone is 1. The molecule has 1 amide bonds. The van der Waals surface area contributed by atoms with Crippen molar-refractivity contribution in [3.05, 3.63) is 35.2 Å². The minimum Gasteiger partial charge on any atom is -0.495 e. The molecule has 7 nitrogen and oxygen atoms in total. The van der Waals surface area contributed by atoms with Gasteiger partial charge in [-0.25, -0.2) is 8.42 Å². The quantitative estimate of drug-likeness (QED) is 0.770. The van der Waals surface area contributed by atoms with Gasteiger partial charge in [-0.3, -0.25) is 9.59 Å². The number of anilines is 1. The number of ether oxygens (including phenoxy) is 2. The number of amides is 1. The van der Waals surface area contributed by atoms with Gasteiger partial charge in [0.1, 0.15) is 5.75 Å². The lowest BCUT2D eigenvalue weighted by atomic mass is 10.1. The molecule has 1 aliphatic rings. The van der Waals surface area contributed by atoms with Crippen LogP contribution in [0.5, 0.6) is 5.75 Å². The number of sulfone groups is 1. The first kappa shape index (κ1) is 19.0. The second kappa shape index (κ2) is 7.69. The SMILES string of the molecule is COc1ccc(C)cc1NC(=O)[C@@H](C)OC(=O)C[C@@H]1C=CS(=O)(=O)C1. The molecule has 1 aromatic carbocycles. The highest BCUT2D eigenvalue weighted by atomic mass is 32.2. The van der Waals surface area contributed by atoms with E-state index in [1.54, 1.807) is 12.1 Å². The van der Waals surface area contributed by atoms with Crippen LogP contribution < -0.4 is 10.1 Å². The minimum atomic E-state index is -3.22. The third-order valence-corrected chi connectivity index (χ3v) is 5.19. The fraction of sp³-hybridized carbons (Fsp3) is 0.412. The van der Waals surface area contributed by atoms with Crippen molar-refractivity contribution in [2.24, 2.45) is 5.92 Å². The molecule has 0 spiro atoms. The van der Waals surface area contributed by atoms with Crippen molar-refractivity contribution >= 4 is 27.4 Å². The van der Waals surface area contributed by atoms with Crippen LogP contribution in [-0.2, 0) is 24.2 Å². The topological polar surface area (TPSA) is 98.8 Å². The maximum absolute atomic E-state index is 12.2. The molecule has 1 N–H and O–H groups in total. The van der Waals surface area contributed by atoms with Crippen molar-refractivity contribution in [1.29, 1.82) is 0 Å². The van der Waals surface area contributed by atoms with Gasteiger partial charge < -0.3 is 14.8 Å². The van der Waals surface area contributed by atoms with Crippen LogP contribution in [0, 0.1) is 12.8 Å². The van der Waals surface area contributed by atoms with E-state index in [0.717, 1.165) is 11.0 Å². The Kier molecular flexibility index (Phi) is 5.84. The summed E-state index contributed by atoms with van der Waals surface area (Å²) < 4.78 is 32.9. The lowest BCUT2D eigenvalue weighted by Gasteiger charge is -2.16. The molecule has 0 saturated carbocycles. The number of hydrogen-bond donors (Lipinski definition) is 1. The van der Waals surface area contributed by atoms with E-state index in [-0.39, 0.29) is 12.2 Å². The van der Waals surface area contributed by atoms with Crippen LogP contribution in [0.2, 0.25) is 0 Å². The van der Waals surface area contributed by atoms with Gasteiger partial charge in [0, 0.05) is 11.3 Å². The second-order valence-electron chi connectivity index (χ2n) is 5.95. The maximum atomic E-state index is 12.2. The highest BCUT2D eigenvalue weighted by Gasteiger charge is 2.26. The molecule has 1 aromatic rings. The largest absolute Gasteiger partial charge is 0.495 e. The first-order chi connectivity index (χ1) is 11.7. The van der Waals surface area contributed by atoms with Gasteiger partial charge in [0.2, 0.25) is 0 Å². The molecule has 2 rings (SSSR count). The molecule has 0 aliphatic carbocycles. The Hall–Kier alpha value is -2.35. The molecule has 0 bridgehead atoms. The Balaban J connectivity index is 1.91. The van der Waals surface area contributed by atoms with Gasteiger partial charge in [-0.2, -0.15) is 0 Å². The lowest BCUT2D eigenvalue weighted by molar-refractivity contribution is -0.153. The fourth-order valence-corrected chi connectivity index (χ4v) is 3.83. The number of rotatable bonds is 6. The second-order valence-corrected chi connectivity index (χ2v) is 7.88. The van der Waals surface area contributed by atoms with Gasteiger partial charge in [0.15, 0.2) is 15.9 Å². The van der Waals surface area contributed by atoms with Crippen LogP contribution in [0.3, 0.4) is 0 Å². The zero-order valence-corrected chi connectivity index (χ0v) is 15.1. The summed E-state index contributed by atoms with van der Waals surface area (Å²) in [5.74, 6) is -1.13. The van der Waals surface area contributed by atoms with Crippen LogP contribution >= 0.6 is 0 Å². The van der Waals surface area contributed by atoms with Crippen LogP contribution in [0.4, 0.5) is 5.69 Å². The van der Waals surface area contributed by atoms with Gasteiger partial charge in [0.05, 0.1) is 25.0 Å². The molecule has 1 heterocycles. The van der Waals surface area contributed by atoms with E-state index in [9.17, 15) is 18.0 Å². The van der Waals surface area contributed by atoms with Gasteiger partial charge in [-0.15, -0.1) is 0 Å². The minimum absolute atomic E-state index is 0.0822. The summed E-state index contributed by atoms with van der Waals surface area (Å²) in [5.41, 5.74) is 1.43. The van der Waals surface area contributed by atoms with E-state index in [1.165, 1.54) is 20.1 Å². The van der Waals surface area contributed by atoms with Crippen molar-refractivity contribution in [1.82, 2.24) is 0 Å². The Bertz CT molecular complexity index is 799. The summed E-state index contributed by atoms with van der Waals surface area (Å²) in [7, 11) is -1.73. The molecular weight excluding hydrogens is 346 g/mol. The zero-order chi connectivity index (χ0) is 18.6. The first-order valence-corrected chi connectivity index (χ1v) is 9.47. The van der Waals surface area contributed by atoms with Crippen LogP contribution in [0.15, 0.2) is 29.7 Å². The predicted molar refractivity (Wildman–Crippen MR) is 92.9 cm³/mol. The average Bonchev–Trinajstić information content (AvgIpc) is 2.86. The van der Waals surface area contributed by atoms with Crippen molar-refractivity contribution in [2.75, 3.05) is 18.2 Å². The zero-order valence-electron chi connectivity index (χ0n) is 14.3. The summed E-state index contributed by atoms with van der Waals surface area (Å²) >= 11 is 0. The smallest absolute Gasteiger partial charge is 0.307 e.